The zero-order valence-corrected chi connectivity index (χ0v) is 14.9. The van der Waals surface area contributed by atoms with E-state index in [2.05, 4.69) is 15.3 Å². The summed E-state index contributed by atoms with van der Waals surface area (Å²) < 4.78 is 0. The summed E-state index contributed by atoms with van der Waals surface area (Å²) in [5.74, 6) is 0.0954. The Morgan fingerprint density at radius 3 is 2.76 bits per heavy atom. The predicted octanol–water partition coefficient (Wildman–Crippen LogP) is 3.20. The van der Waals surface area contributed by atoms with Crippen LogP contribution in [0.5, 0.6) is 0 Å². The first-order valence-corrected chi connectivity index (χ1v) is 9.49. The molecule has 0 unspecified atom stereocenters. The van der Waals surface area contributed by atoms with Gasteiger partial charge in [0.05, 0.1) is 5.56 Å². The van der Waals surface area contributed by atoms with Gasteiger partial charge in [-0.1, -0.05) is 19.3 Å². The Labute approximate surface area is 151 Å². The minimum absolute atomic E-state index is 0.0316. The van der Waals surface area contributed by atoms with Gasteiger partial charge in [-0.25, -0.2) is 4.98 Å². The topological polar surface area (TPSA) is 75.2 Å². The van der Waals surface area contributed by atoms with Crippen LogP contribution >= 0.6 is 11.3 Å². The third-order valence-electron chi connectivity index (χ3n) is 4.41. The first kappa shape index (κ1) is 17.5. The SMILES string of the molecule is O=C(CN(CC1CCCCC1)C(=O)c1cccnc1)Nc1nccs1. The van der Waals surface area contributed by atoms with Crippen LogP contribution in [0.25, 0.3) is 0 Å². The van der Waals surface area contributed by atoms with E-state index in [-0.39, 0.29) is 18.4 Å². The van der Waals surface area contributed by atoms with Gasteiger partial charge in [-0.3, -0.25) is 14.6 Å². The summed E-state index contributed by atoms with van der Waals surface area (Å²) in [6.45, 7) is 0.642. The molecule has 2 aromatic heterocycles. The first-order valence-electron chi connectivity index (χ1n) is 8.61. The van der Waals surface area contributed by atoms with Gasteiger partial charge in [0, 0.05) is 30.5 Å². The number of nitrogens with zero attached hydrogens (tertiary/aromatic N) is 3. The molecule has 0 bridgehead atoms. The van der Waals surface area contributed by atoms with Crippen molar-refractivity contribution in [3.05, 3.63) is 41.7 Å². The molecule has 2 amide bonds. The van der Waals surface area contributed by atoms with Gasteiger partial charge in [0.15, 0.2) is 5.13 Å². The average molecular weight is 358 g/mol. The van der Waals surface area contributed by atoms with E-state index in [0.717, 1.165) is 12.8 Å². The lowest BCUT2D eigenvalue weighted by molar-refractivity contribution is -0.117. The molecule has 0 radical (unpaired) electrons. The van der Waals surface area contributed by atoms with Gasteiger partial charge in [0.2, 0.25) is 5.91 Å². The lowest BCUT2D eigenvalue weighted by atomic mass is 9.89. The molecule has 1 aliphatic carbocycles. The number of nitrogens with one attached hydrogen (secondary N) is 1. The summed E-state index contributed by atoms with van der Waals surface area (Å²) in [7, 11) is 0. The van der Waals surface area contributed by atoms with E-state index in [1.165, 1.54) is 30.6 Å². The summed E-state index contributed by atoms with van der Waals surface area (Å²) >= 11 is 1.36. The Morgan fingerprint density at radius 2 is 2.08 bits per heavy atom. The van der Waals surface area contributed by atoms with Gasteiger partial charge < -0.3 is 10.2 Å². The first-order chi connectivity index (χ1) is 12.2. The average Bonchev–Trinajstić information content (AvgIpc) is 3.15. The van der Waals surface area contributed by atoms with Gasteiger partial charge >= 0.3 is 0 Å². The zero-order chi connectivity index (χ0) is 17.5. The number of amides is 2. The Bertz CT molecular complexity index is 684. The van der Waals surface area contributed by atoms with E-state index in [4.69, 9.17) is 0 Å². The van der Waals surface area contributed by atoms with Crippen LogP contribution in [-0.2, 0) is 4.79 Å². The van der Waals surface area contributed by atoms with Gasteiger partial charge in [-0.05, 0) is 30.9 Å². The smallest absolute Gasteiger partial charge is 0.255 e. The van der Waals surface area contributed by atoms with Gasteiger partial charge in [0.25, 0.3) is 5.91 Å². The molecule has 0 aromatic carbocycles. The van der Waals surface area contributed by atoms with Crippen molar-refractivity contribution >= 4 is 28.3 Å². The van der Waals surface area contributed by atoms with Crippen molar-refractivity contribution in [3.8, 4) is 0 Å². The highest BCUT2D eigenvalue weighted by Crippen LogP contribution is 2.25. The van der Waals surface area contributed by atoms with Crippen molar-refractivity contribution in [2.45, 2.75) is 32.1 Å². The van der Waals surface area contributed by atoms with Crippen LogP contribution in [0.3, 0.4) is 0 Å². The Balaban J connectivity index is 1.68. The number of thiazole rings is 1. The molecule has 25 heavy (non-hydrogen) atoms. The molecular formula is C18H22N4O2S. The second-order valence-corrected chi connectivity index (χ2v) is 7.21. The molecule has 2 aromatic rings. The largest absolute Gasteiger partial charge is 0.329 e. The lowest BCUT2D eigenvalue weighted by Crippen LogP contribution is -2.41. The highest BCUT2D eigenvalue weighted by molar-refractivity contribution is 7.13. The monoisotopic (exact) mass is 358 g/mol. The number of anilines is 1. The van der Waals surface area contributed by atoms with Crippen molar-refractivity contribution in [1.82, 2.24) is 14.9 Å². The Kier molecular flexibility index (Phi) is 6.11. The second-order valence-electron chi connectivity index (χ2n) is 6.32. The minimum Gasteiger partial charge on any atom is -0.329 e. The van der Waals surface area contributed by atoms with E-state index >= 15 is 0 Å². The van der Waals surface area contributed by atoms with Crippen LogP contribution in [-0.4, -0.2) is 39.8 Å². The third kappa shape index (κ3) is 5.09. The van der Waals surface area contributed by atoms with Gasteiger partial charge in [0.1, 0.15) is 6.54 Å². The van der Waals surface area contributed by atoms with Crippen molar-refractivity contribution in [2.24, 2.45) is 5.92 Å². The number of rotatable bonds is 6. The quantitative estimate of drug-likeness (QED) is 0.860. The number of aromatic nitrogens is 2. The number of pyridine rings is 1. The summed E-state index contributed by atoms with van der Waals surface area (Å²) in [6.07, 6.45) is 10.7. The molecule has 0 atom stereocenters. The van der Waals surface area contributed by atoms with Gasteiger partial charge in [-0.2, -0.15) is 0 Å². The van der Waals surface area contributed by atoms with E-state index < -0.39 is 0 Å². The van der Waals surface area contributed by atoms with Crippen LogP contribution in [0, 0.1) is 5.92 Å². The third-order valence-corrected chi connectivity index (χ3v) is 5.10. The van der Waals surface area contributed by atoms with Crippen molar-refractivity contribution < 1.29 is 9.59 Å². The van der Waals surface area contributed by atoms with Crippen molar-refractivity contribution in [1.29, 1.82) is 0 Å². The summed E-state index contributed by atoms with van der Waals surface area (Å²) in [6, 6.07) is 3.48. The summed E-state index contributed by atoms with van der Waals surface area (Å²) in [4.78, 5) is 34.9. The molecule has 2 heterocycles. The van der Waals surface area contributed by atoms with Gasteiger partial charge in [-0.15, -0.1) is 11.3 Å². The standard InChI is InChI=1S/C18H22N4O2S/c23-16(21-18-20-9-10-25-18)13-22(12-14-5-2-1-3-6-14)17(24)15-7-4-8-19-11-15/h4,7-11,14H,1-3,5-6,12-13H2,(H,20,21,23). The van der Waals surface area contributed by atoms with Crippen LogP contribution in [0.15, 0.2) is 36.1 Å². The fourth-order valence-electron chi connectivity index (χ4n) is 3.19. The maximum absolute atomic E-state index is 12.8. The lowest BCUT2D eigenvalue weighted by Gasteiger charge is -2.29. The number of carbonyl (C=O) groups is 2. The molecule has 6 nitrogen and oxygen atoms in total. The predicted molar refractivity (Wildman–Crippen MR) is 97.5 cm³/mol. The van der Waals surface area contributed by atoms with Crippen LogP contribution < -0.4 is 5.32 Å². The molecule has 0 saturated heterocycles. The van der Waals surface area contributed by atoms with E-state index in [0.29, 0.717) is 23.2 Å². The summed E-state index contributed by atoms with van der Waals surface area (Å²) in [5, 5.41) is 5.11. The molecule has 132 valence electrons. The van der Waals surface area contributed by atoms with E-state index in [9.17, 15) is 9.59 Å². The molecule has 1 saturated carbocycles. The maximum atomic E-state index is 12.8. The molecule has 0 aliphatic heterocycles. The fourth-order valence-corrected chi connectivity index (χ4v) is 3.73. The minimum atomic E-state index is -0.219. The van der Waals surface area contributed by atoms with E-state index in [1.54, 1.807) is 41.0 Å². The van der Waals surface area contributed by atoms with Crippen LogP contribution in [0.1, 0.15) is 42.5 Å². The Hall–Kier alpha value is -2.28. The molecule has 1 N–H and O–H groups in total. The molecule has 1 fully saturated rings. The second kappa shape index (κ2) is 8.71. The molecule has 3 rings (SSSR count). The maximum Gasteiger partial charge on any atom is 0.255 e. The highest BCUT2D eigenvalue weighted by atomic mass is 32.1. The molecule has 1 aliphatic rings. The zero-order valence-electron chi connectivity index (χ0n) is 14.1. The number of hydrogen-bond donors (Lipinski definition) is 1. The molecule has 7 heteroatoms. The van der Waals surface area contributed by atoms with Crippen LogP contribution in [0.2, 0.25) is 0 Å². The molecule has 0 spiro atoms. The van der Waals surface area contributed by atoms with Crippen molar-refractivity contribution in [2.75, 3.05) is 18.4 Å². The molecular weight excluding hydrogens is 336 g/mol. The highest BCUT2D eigenvalue weighted by Gasteiger charge is 2.24. The van der Waals surface area contributed by atoms with Crippen molar-refractivity contribution in [3.63, 3.8) is 0 Å². The van der Waals surface area contributed by atoms with Crippen LogP contribution in [0.4, 0.5) is 5.13 Å². The van der Waals surface area contributed by atoms with E-state index in [1.807, 2.05) is 0 Å². The Morgan fingerprint density at radius 1 is 1.24 bits per heavy atom. The number of hydrogen-bond acceptors (Lipinski definition) is 5. The normalized spacial score (nSPS) is 14.9. The fraction of sp³-hybridized carbons (Fsp3) is 0.444. The summed E-state index contributed by atoms with van der Waals surface area (Å²) in [5.41, 5.74) is 0.514. The number of carbonyl (C=O) groups excluding carboxylic acids is 2.